The molecule has 1 fully saturated rings. The summed E-state index contributed by atoms with van der Waals surface area (Å²) in [7, 11) is 0. The van der Waals surface area contributed by atoms with E-state index in [9.17, 15) is 0 Å². The first kappa shape index (κ1) is 11.5. The summed E-state index contributed by atoms with van der Waals surface area (Å²) in [5.74, 6) is 0.753. The Kier molecular flexibility index (Phi) is 2.73. The van der Waals surface area contributed by atoms with Gasteiger partial charge < -0.3 is 5.32 Å². The molecular weight excluding hydrogens is 224 g/mol. The summed E-state index contributed by atoms with van der Waals surface area (Å²) in [6.45, 7) is 5.34. The van der Waals surface area contributed by atoms with Crippen molar-refractivity contribution >= 4 is 11.6 Å². The maximum atomic E-state index is 4.51. The molecule has 0 atom stereocenters. The van der Waals surface area contributed by atoms with Crippen LogP contribution in [0, 0.1) is 12.3 Å². The van der Waals surface area contributed by atoms with Crippen LogP contribution in [0.3, 0.4) is 0 Å². The molecule has 1 N–H and O–H groups in total. The monoisotopic (exact) mass is 244 g/mol. The zero-order valence-electron chi connectivity index (χ0n) is 11.1. The van der Waals surface area contributed by atoms with Crippen molar-refractivity contribution in [1.82, 2.24) is 14.6 Å². The van der Waals surface area contributed by atoms with E-state index in [1.807, 2.05) is 16.8 Å². The third-order valence-electron chi connectivity index (χ3n) is 3.85. The van der Waals surface area contributed by atoms with E-state index in [0.29, 0.717) is 5.41 Å². The zero-order chi connectivity index (χ0) is 12.6. The highest BCUT2D eigenvalue weighted by Crippen LogP contribution is 2.49. The Labute approximate surface area is 107 Å². The summed E-state index contributed by atoms with van der Waals surface area (Å²) in [5, 5.41) is 7.84. The summed E-state index contributed by atoms with van der Waals surface area (Å²) in [6.07, 6.45) is 7.23. The highest BCUT2D eigenvalue weighted by Gasteiger charge is 2.41. The van der Waals surface area contributed by atoms with Gasteiger partial charge in [0.2, 0.25) is 5.95 Å². The van der Waals surface area contributed by atoms with Crippen LogP contribution in [0.25, 0.3) is 5.65 Å². The molecule has 3 rings (SSSR count). The van der Waals surface area contributed by atoms with Gasteiger partial charge in [-0.05, 0) is 49.3 Å². The van der Waals surface area contributed by atoms with Gasteiger partial charge in [-0.3, -0.25) is 0 Å². The molecule has 0 radical (unpaired) electrons. The minimum absolute atomic E-state index is 0.530. The Morgan fingerprint density at radius 3 is 3.00 bits per heavy atom. The van der Waals surface area contributed by atoms with Crippen LogP contribution < -0.4 is 5.32 Å². The molecule has 0 bridgehead atoms. The van der Waals surface area contributed by atoms with Crippen molar-refractivity contribution in [2.75, 3.05) is 11.9 Å². The topological polar surface area (TPSA) is 42.2 Å². The van der Waals surface area contributed by atoms with Crippen molar-refractivity contribution in [2.45, 2.75) is 39.5 Å². The lowest BCUT2D eigenvalue weighted by Crippen LogP contribution is -2.15. The second-order valence-corrected chi connectivity index (χ2v) is 5.55. The molecule has 0 aromatic carbocycles. The molecule has 1 saturated carbocycles. The Bertz CT molecular complexity index is 554. The molecule has 0 aliphatic heterocycles. The number of anilines is 1. The van der Waals surface area contributed by atoms with Gasteiger partial charge >= 0.3 is 0 Å². The van der Waals surface area contributed by atoms with Gasteiger partial charge in [-0.2, -0.15) is 4.98 Å². The van der Waals surface area contributed by atoms with Crippen molar-refractivity contribution in [3.8, 4) is 0 Å². The van der Waals surface area contributed by atoms with Gasteiger partial charge in [0, 0.05) is 12.7 Å². The molecule has 2 aromatic heterocycles. The fourth-order valence-corrected chi connectivity index (χ4v) is 2.55. The van der Waals surface area contributed by atoms with Gasteiger partial charge in [0.1, 0.15) is 0 Å². The minimum Gasteiger partial charge on any atom is -0.352 e. The van der Waals surface area contributed by atoms with Crippen molar-refractivity contribution in [2.24, 2.45) is 5.41 Å². The molecule has 1 aliphatic carbocycles. The highest BCUT2D eigenvalue weighted by molar-refractivity contribution is 5.45. The van der Waals surface area contributed by atoms with Gasteiger partial charge in [0.05, 0.1) is 0 Å². The van der Waals surface area contributed by atoms with E-state index in [-0.39, 0.29) is 0 Å². The number of aromatic nitrogens is 3. The average Bonchev–Trinajstić information content (AvgIpc) is 2.99. The van der Waals surface area contributed by atoms with Crippen LogP contribution in [0.15, 0.2) is 18.3 Å². The number of aryl methyl sites for hydroxylation is 1. The van der Waals surface area contributed by atoms with E-state index < -0.39 is 0 Å². The van der Waals surface area contributed by atoms with Crippen LogP contribution in [0.4, 0.5) is 5.95 Å². The lowest BCUT2D eigenvalue weighted by atomic mass is 10.0. The van der Waals surface area contributed by atoms with Crippen LogP contribution in [-0.2, 0) is 0 Å². The molecular formula is C14H20N4. The van der Waals surface area contributed by atoms with Gasteiger partial charge in [-0.1, -0.05) is 13.3 Å². The summed E-state index contributed by atoms with van der Waals surface area (Å²) in [5.41, 5.74) is 2.66. The number of nitrogens with one attached hydrogen (secondary N) is 1. The number of nitrogens with zero attached hydrogens (tertiary/aromatic N) is 3. The first-order valence-electron chi connectivity index (χ1n) is 6.78. The number of pyridine rings is 1. The summed E-state index contributed by atoms with van der Waals surface area (Å²) < 4.78 is 1.83. The van der Waals surface area contributed by atoms with Crippen LogP contribution >= 0.6 is 0 Å². The van der Waals surface area contributed by atoms with Crippen LogP contribution in [0.5, 0.6) is 0 Å². The lowest BCUT2D eigenvalue weighted by molar-refractivity contribution is 0.484. The lowest BCUT2D eigenvalue weighted by Gasteiger charge is -2.13. The first-order chi connectivity index (χ1) is 8.71. The Balaban J connectivity index is 1.71. The van der Waals surface area contributed by atoms with Crippen LogP contribution in [0.2, 0.25) is 0 Å². The molecule has 2 aromatic rings. The van der Waals surface area contributed by atoms with Crippen molar-refractivity contribution in [3.05, 3.63) is 23.9 Å². The second kappa shape index (κ2) is 4.26. The maximum Gasteiger partial charge on any atom is 0.243 e. The molecule has 96 valence electrons. The normalized spacial score (nSPS) is 17.0. The zero-order valence-corrected chi connectivity index (χ0v) is 11.1. The van der Waals surface area contributed by atoms with E-state index in [4.69, 9.17) is 0 Å². The van der Waals surface area contributed by atoms with E-state index in [0.717, 1.165) is 18.1 Å². The molecule has 0 saturated heterocycles. The molecule has 4 nitrogen and oxygen atoms in total. The molecule has 0 spiro atoms. The van der Waals surface area contributed by atoms with Crippen LogP contribution in [-0.4, -0.2) is 21.1 Å². The molecule has 2 heterocycles. The fourth-order valence-electron chi connectivity index (χ4n) is 2.55. The van der Waals surface area contributed by atoms with Gasteiger partial charge in [0.15, 0.2) is 5.65 Å². The maximum absolute atomic E-state index is 4.51. The minimum atomic E-state index is 0.530. The number of fused-ring (bicyclic) bond motifs is 1. The molecule has 1 aliphatic rings. The average molecular weight is 244 g/mol. The van der Waals surface area contributed by atoms with Gasteiger partial charge in [-0.15, -0.1) is 5.10 Å². The summed E-state index contributed by atoms with van der Waals surface area (Å²) >= 11 is 0. The number of rotatable bonds is 5. The SMILES string of the molecule is CCCC1(CNc2nc3cc(C)ccn3n2)CC1. The Morgan fingerprint density at radius 1 is 1.44 bits per heavy atom. The van der Waals surface area contributed by atoms with Gasteiger partial charge in [0.25, 0.3) is 0 Å². The first-order valence-corrected chi connectivity index (χ1v) is 6.78. The Hall–Kier alpha value is -1.58. The molecule has 0 amide bonds. The van der Waals surface area contributed by atoms with E-state index in [1.165, 1.54) is 31.2 Å². The smallest absolute Gasteiger partial charge is 0.243 e. The predicted octanol–water partition coefficient (Wildman–Crippen LogP) is 3.03. The number of hydrogen-bond acceptors (Lipinski definition) is 3. The molecule has 18 heavy (non-hydrogen) atoms. The van der Waals surface area contributed by atoms with Crippen molar-refractivity contribution in [1.29, 1.82) is 0 Å². The van der Waals surface area contributed by atoms with E-state index >= 15 is 0 Å². The predicted molar refractivity (Wildman–Crippen MR) is 72.8 cm³/mol. The summed E-state index contributed by atoms with van der Waals surface area (Å²) in [4.78, 5) is 4.51. The summed E-state index contributed by atoms with van der Waals surface area (Å²) in [6, 6.07) is 4.10. The fraction of sp³-hybridized carbons (Fsp3) is 0.571. The van der Waals surface area contributed by atoms with Crippen molar-refractivity contribution < 1.29 is 0 Å². The highest BCUT2D eigenvalue weighted by atomic mass is 15.3. The van der Waals surface area contributed by atoms with E-state index in [2.05, 4.69) is 35.3 Å². The Morgan fingerprint density at radius 2 is 2.28 bits per heavy atom. The molecule has 4 heteroatoms. The second-order valence-electron chi connectivity index (χ2n) is 5.55. The number of hydrogen-bond donors (Lipinski definition) is 1. The van der Waals surface area contributed by atoms with Crippen LogP contribution in [0.1, 0.15) is 38.2 Å². The largest absolute Gasteiger partial charge is 0.352 e. The van der Waals surface area contributed by atoms with Gasteiger partial charge in [-0.25, -0.2) is 4.52 Å². The quantitative estimate of drug-likeness (QED) is 0.879. The van der Waals surface area contributed by atoms with Crippen molar-refractivity contribution in [3.63, 3.8) is 0 Å². The molecule has 0 unspecified atom stereocenters. The third kappa shape index (κ3) is 2.19. The standard InChI is InChI=1S/C14H20N4/c1-3-5-14(6-7-14)10-15-13-16-12-9-11(2)4-8-18(12)17-13/h4,8-9H,3,5-7,10H2,1-2H3,(H,15,17). The van der Waals surface area contributed by atoms with E-state index in [1.54, 1.807) is 0 Å². The third-order valence-corrected chi connectivity index (χ3v) is 3.85.